The predicted octanol–water partition coefficient (Wildman–Crippen LogP) is 3.16. The molecular weight excluding hydrogens is 316 g/mol. The number of carbonyl (C=O) groups is 1. The summed E-state index contributed by atoms with van der Waals surface area (Å²) in [6.07, 6.45) is 5.26. The standard InChI is InChI=1S/C19H16N4O2/c1-13-14(12-22(2)20-13)11-16-18(17-9-6-10-25-17)21-23(19(16)24)15-7-4-3-5-8-15/h3-12H,1-2H3/b16-11+. The molecule has 1 aliphatic rings. The van der Waals surface area contributed by atoms with Crippen molar-refractivity contribution in [1.29, 1.82) is 0 Å². The van der Waals surface area contributed by atoms with Crippen LogP contribution in [0.5, 0.6) is 0 Å². The first-order valence-electron chi connectivity index (χ1n) is 7.88. The van der Waals surface area contributed by atoms with Crippen LogP contribution in [0, 0.1) is 6.92 Å². The number of aryl methyl sites for hydroxylation is 2. The maximum absolute atomic E-state index is 13.0. The first-order valence-corrected chi connectivity index (χ1v) is 7.88. The number of anilines is 1. The van der Waals surface area contributed by atoms with Gasteiger partial charge in [-0.15, -0.1) is 0 Å². The van der Waals surface area contributed by atoms with Crippen LogP contribution >= 0.6 is 0 Å². The van der Waals surface area contributed by atoms with Gasteiger partial charge in [0, 0.05) is 18.8 Å². The molecule has 3 aromatic rings. The van der Waals surface area contributed by atoms with E-state index in [2.05, 4.69) is 10.2 Å². The molecule has 0 saturated heterocycles. The molecular formula is C19H16N4O2. The van der Waals surface area contributed by atoms with Crippen LogP contribution in [0.4, 0.5) is 5.69 Å². The van der Waals surface area contributed by atoms with Crippen LogP contribution in [0.25, 0.3) is 6.08 Å². The Balaban J connectivity index is 1.83. The molecule has 0 bridgehead atoms. The lowest BCUT2D eigenvalue weighted by Gasteiger charge is -2.10. The fourth-order valence-electron chi connectivity index (χ4n) is 2.80. The van der Waals surface area contributed by atoms with E-state index >= 15 is 0 Å². The third kappa shape index (κ3) is 2.67. The lowest BCUT2D eigenvalue weighted by atomic mass is 10.1. The number of hydrazone groups is 1. The van der Waals surface area contributed by atoms with E-state index in [4.69, 9.17) is 4.42 Å². The van der Waals surface area contributed by atoms with E-state index in [1.807, 2.05) is 56.6 Å². The van der Waals surface area contributed by atoms with Gasteiger partial charge >= 0.3 is 0 Å². The zero-order valence-corrected chi connectivity index (χ0v) is 13.9. The minimum absolute atomic E-state index is 0.194. The van der Waals surface area contributed by atoms with Crippen LogP contribution in [-0.2, 0) is 11.8 Å². The molecule has 0 atom stereocenters. The van der Waals surface area contributed by atoms with Gasteiger partial charge in [0.15, 0.2) is 5.76 Å². The second-order valence-corrected chi connectivity index (χ2v) is 5.78. The van der Waals surface area contributed by atoms with Gasteiger partial charge in [0.1, 0.15) is 5.71 Å². The highest BCUT2D eigenvalue weighted by Gasteiger charge is 2.33. The fraction of sp³-hybridized carbons (Fsp3) is 0.105. The van der Waals surface area contributed by atoms with Crippen LogP contribution in [0.3, 0.4) is 0 Å². The van der Waals surface area contributed by atoms with Crippen molar-refractivity contribution < 1.29 is 9.21 Å². The first kappa shape index (κ1) is 15.1. The lowest BCUT2D eigenvalue weighted by molar-refractivity contribution is -0.114. The van der Waals surface area contributed by atoms with E-state index in [0.29, 0.717) is 22.7 Å². The number of aromatic nitrogens is 2. The molecule has 0 radical (unpaired) electrons. The second kappa shape index (κ2) is 5.90. The normalized spacial score (nSPS) is 15.9. The van der Waals surface area contributed by atoms with Gasteiger partial charge in [0.25, 0.3) is 5.91 Å². The van der Waals surface area contributed by atoms with Gasteiger partial charge in [-0.3, -0.25) is 9.48 Å². The molecule has 25 heavy (non-hydrogen) atoms. The zero-order chi connectivity index (χ0) is 17.4. The quantitative estimate of drug-likeness (QED) is 0.692. The summed E-state index contributed by atoms with van der Waals surface area (Å²) in [7, 11) is 1.85. The maximum atomic E-state index is 13.0. The summed E-state index contributed by atoms with van der Waals surface area (Å²) in [5, 5.41) is 10.2. The summed E-state index contributed by atoms with van der Waals surface area (Å²) < 4.78 is 7.20. The molecule has 1 aromatic carbocycles. The number of hydrogen-bond acceptors (Lipinski definition) is 4. The lowest BCUT2D eigenvalue weighted by Crippen LogP contribution is -2.21. The summed E-state index contributed by atoms with van der Waals surface area (Å²) in [6.45, 7) is 1.91. The zero-order valence-electron chi connectivity index (χ0n) is 13.9. The summed E-state index contributed by atoms with van der Waals surface area (Å²) >= 11 is 0. The molecule has 0 N–H and O–H groups in total. The van der Waals surface area contributed by atoms with Gasteiger partial charge in [0.2, 0.25) is 0 Å². The minimum Gasteiger partial charge on any atom is -0.463 e. The number of para-hydroxylation sites is 1. The number of amides is 1. The van der Waals surface area contributed by atoms with Gasteiger partial charge in [-0.1, -0.05) is 18.2 Å². The summed E-state index contributed by atoms with van der Waals surface area (Å²) in [6, 6.07) is 12.9. The van der Waals surface area contributed by atoms with E-state index < -0.39 is 0 Å². The molecule has 0 spiro atoms. The first-order chi connectivity index (χ1) is 12.1. The molecule has 2 aromatic heterocycles. The van der Waals surface area contributed by atoms with Crippen molar-refractivity contribution in [2.75, 3.05) is 5.01 Å². The Kier molecular flexibility index (Phi) is 3.57. The number of carbonyl (C=O) groups excluding carboxylic acids is 1. The van der Waals surface area contributed by atoms with Gasteiger partial charge in [-0.2, -0.15) is 15.2 Å². The van der Waals surface area contributed by atoms with Crippen molar-refractivity contribution in [1.82, 2.24) is 9.78 Å². The highest BCUT2D eigenvalue weighted by molar-refractivity contribution is 6.36. The second-order valence-electron chi connectivity index (χ2n) is 5.78. The van der Waals surface area contributed by atoms with Crippen molar-refractivity contribution in [2.45, 2.75) is 6.92 Å². The summed E-state index contributed by atoms with van der Waals surface area (Å²) in [5.41, 5.74) is 3.43. The average Bonchev–Trinajstić information content (AvgIpc) is 3.31. The summed E-state index contributed by atoms with van der Waals surface area (Å²) in [4.78, 5) is 13.0. The van der Waals surface area contributed by atoms with Crippen LogP contribution in [0.15, 0.2) is 70.0 Å². The Morgan fingerprint density at radius 2 is 1.92 bits per heavy atom. The number of hydrogen-bond donors (Lipinski definition) is 0. The smallest absolute Gasteiger partial charge is 0.281 e. The van der Waals surface area contributed by atoms with E-state index in [1.165, 1.54) is 5.01 Å². The molecule has 124 valence electrons. The van der Waals surface area contributed by atoms with E-state index in [1.54, 1.807) is 23.1 Å². The number of rotatable bonds is 3. The Labute approximate surface area is 144 Å². The van der Waals surface area contributed by atoms with Crippen LogP contribution < -0.4 is 5.01 Å². The molecule has 3 heterocycles. The fourth-order valence-corrected chi connectivity index (χ4v) is 2.80. The van der Waals surface area contributed by atoms with Gasteiger partial charge in [-0.25, -0.2) is 0 Å². The molecule has 1 aliphatic heterocycles. The minimum atomic E-state index is -0.194. The molecule has 6 nitrogen and oxygen atoms in total. The van der Waals surface area contributed by atoms with E-state index in [0.717, 1.165) is 11.3 Å². The Morgan fingerprint density at radius 1 is 1.12 bits per heavy atom. The molecule has 6 heteroatoms. The highest BCUT2D eigenvalue weighted by Crippen LogP contribution is 2.28. The topological polar surface area (TPSA) is 63.6 Å². The Morgan fingerprint density at radius 3 is 2.56 bits per heavy atom. The largest absolute Gasteiger partial charge is 0.463 e. The molecule has 4 rings (SSSR count). The molecule has 0 unspecified atom stereocenters. The van der Waals surface area contributed by atoms with Crippen LogP contribution in [0.2, 0.25) is 0 Å². The third-order valence-corrected chi connectivity index (χ3v) is 3.98. The van der Waals surface area contributed by atoms with E-state index in [-0.39, 0.29) is 5.91 Å². The van der Waals surface area contributed by atoms with Gasteiger partial charge < -0.3 is 4.42 Å². The van der Waals surface area contributed by atoms with Gasteiger partial charge in [-0.05, 0) is 37.3 Å². The maximum Gasteiger partial charge on any atom is 0.281 e. The molecule has 1 amide bonds. The average molecular weight is 332 g/mol. The van der Waals surface area contributed by atoms with Gasteiger partial charge in [0.05, 0.1) is 23.2 Å². The number of nitrogens with zero attached hydrogens (tertiary/aromatic N) is 4. The van der Waals surface area contributed by atoms with Crippen molar-refractivity contribution in [3.05, 3.63) is 77.5 Å². The Hall–Kier alpha value is -3.41. The van der Waals surface area contributed by atoms with Crippen LogP contribution in [0.1, 0.15) is 17.0 Å². The predicted molar refractivity (Wildman–Crippen MR) is 95.1 cm³/mol. The molecule has 0 aliphatic carbocycles. The highest BCUT2D eigenvalue weighted by atomic mass is 16.3. The van der Waals surface area contributed by atoms with Crippen LogP contribution in [-0.4, -0.2) is 21.4 Å². The molecule has 0 saturated carbocycles. The molecule has 0 fully saturated rings. The SMILES string of the molecule is Cc1nn(C)cc1/C=C1/C(=O)N(c2ccccc2)N=C1c1ccco1. The third-order valence-electron chi connectivity index (χ3n) is 3.98. The summed E-state index contributed by atoms with van der Waals surface area (Å²) in [5.74, 6) is 0.362. The van der Waals surface area contributed by atoms with Crippen molar-refractivity contribution in [3.63, 3.8) is 0 Å². The van der Waals surface area contributed by atoms with Crippen molar-refractivity contribution >= 4 is 23.4 Å². The monoisotopic (exact) mass is 332 g/mol. The van der Waals surface area contributed by atoms with E-state index in [9.17, 15) is 4.79 Å². The Bertz CT molecular complexity index is 982. The number of furan rings is 1. The number of benzene rings is 1. The van der Waals surface area contributed by atoms with Crippen molar-refractivity contribution in [3.8, 4) is 0 Å². The van der Waals surface area contributed by atoms with Crippen molar-refractivity contribution in [2.24, 2.45) is 12.1 Å².